The van der Waals surface area contributed by atoms with Gasteiger partial charge in [0.15, 0.2) is 5.65 Å². The van der Waals surface area contributed by atoms with E-state index < -0.39 is 0 Å². The number of nitriles is 1. The molecule has 3 aromatic heterocycles. The van der Waals surface area contributed by atoms with E-state index in [0.29, 0.717) is 23.9 Å². The third kappa shape index (κ3) is 4.63. The number of hydrogen-bond donors (Lipinski definition) is 3. The Morgan fingerprint density at radius 1 is 1.21 bits per heavy atom. The van der Waals surface area contributed by atoms with Crippen molar-refractivity contribution in [2.24, 2.45) is 5.92 Å². The molecule has 1 fully saturated rings. The van der Waals surface area contributed by atoms with Gasteiger partial charge in [-0.1, -0.05) is 13.8 Å². The maximum atomic E-state index is 9.14. The fourth-order valence-corrected chi connectivity index (χ4v) is 5.11. The van der Waals surface area contributed by atoms with Crippen LogP contribution in [0.3, 0.4) is 0 Å². The van der Waals surface area contributed by atoms with Gasteiger partial charge >= 0.3 is 0 Å². The summed E-state index contributed by atoms with van der Waals surface area (Å²) in [4.78, 5) is 9.61. The molecule has 0 saturated carbocycles. The molecule has 8 nitrogen and oxygen atoms in total. The number of anilines is 2. The van der Waals surface area contributed by atoms with E-state index in [0.717, 1.165) is 57.7 Å². The molecule has 33 heavy (non-hydrogen) atoms. The molecule has 0 amide bonds. The van der Waals surface area contributed by atoms with E-state index in [9.17, 15) is 0 Å². The third-order valence-corrected chi connectivity index (χ3v) is 7.17. The van der Waals surface area contributed by atoms with Crippen LogP contribution in [-0.2, 0) is 6.54 Å². The Labute approximate surface area is 197 Å². The summed E-state index contributed by atoms with van der Waals surface area (Å²) in [7, 11) is 0. The molecule has 1 aliphatic rings. The molecule has 4 heterocycles. The number of rotatable bonds is 7. The van der Waals surface area contributed by atoms with Crippen LogP contribution in [0.2, 0.25) is 0 Å². The number of aromatic nitrogens is 4. The molecule has 1 saturated heterocycles. The van der Waals surface area contributed by atoms with Crippen LogP contribution in [-0.4, -0.2) is 39.2 Å². The maximum absolute atomic E-state index is 9.14. The minimum Gasteiger partial charge on any atom is -0.370 e. The molecule has 9 heteroatoms. The Hall–Kier alpha value is -3.22. The van der Waals surface area contributed by atoms with Gasteiger partial charge in [0, 0.05) is 18.2 Å². The molecule has 0 radical (unpaired) electrons. The van der Waals surface area contributed by atoms with Gasteiger partial charge < -0.3 is 16.0 Å². The second-order valence-electron chi connectivity index (χ2n) is 8.85. The van der Waals surface area contributed by atoms with Crippen molar-refractivity contribution in [2.75, 3.05) is 30.3 Å². The van der Waals surface area contributed by atoms with Crippen LogP contribution in [0.5, 0.6) is 0 Å². The summed E-state index contributed by atoms with van der Waals surface area (Å²) in [5.41, 5.74) is 3.50. The first-order chi connectivity index (χ1) is 16.1. The fourth-order valence-electron chi connectivity index (χ4n) is 4.22. The molecule has 4 aromatic rings. The minimum atomic E-state index is 0.334. The fraction of sp³-hybridized carbons (Fsp3) is 0.417. The number of thiazole rings is 1. The van der Waals surface area contributed by atoms with Crippen molar-refractivity contribution >= 4 is 38.8 Å². The van der Waals surface area contributed by atoms with E-state index in [1.54, 1.807) is 11.3 Å². The Kier molecular flexibility index (Phi) is 6.11. The lowest BCUT2D eigenvalue weighted by molar-refractivity contribution is 0.389. The molecule has 0 spiro atoms. The van der Waals surface area contributed by atoms with Gasteiger partial charge in [0.05, 0.1) is 34.6 Å². The summed E-state index contributed by atoms with van der Waals surface area (Å²) < 4.78 is 2.96. The lowest BCUT2D eigenvalue weighted by Gasteiger charge is -2.23. The molecule has 1 aromatic carbocycles. The summed E-state index contributed by atoms with van der Waals surface area (Å²) >= 11 is 1.63. The normalized spacial score (nSPS) is 14.7. The molecule has 0 bridgehead atoms. The van der Waals surface area contributed by atoms with E-state index in [4.69, 9.17) is 15.2 Å². The second-order valence-corrected chi connectivity index (χ2v) is 9.96. The summed E-state index contributed by atoms with van der Waals surface area (Å²) in [6.07, 6.45) is 4.29. The highest BCUT2D eigenvalue weighted by Crippen LogP contribution is 2.27. The van der Waals surface area contributed by atoms with Crippen LogP contribution < -0.4 is 16.0 Å². The summed E-state index contributed by atoms with van der Waals surface area (Å²) in [6.45, 7) is 8.00. The van der Waals surface area contributed by atoms with E-state index >= 15 is 0 Å². The number of benzene rings is 1. The molecule has 0 unspecified atom stereocenters. The van der Waals surface area contributed by atoms with Gasteiger partial charge in [-0.2, -0.15) is 14.9 Å². The average Bonchev–Trinajstić information content (AvgIpc) is 3.45. The van der Waals surface area contributed by atoms with Crippen molar-refractivity contribution in [3.8, 4) is 6.07 Å². The van der Waals surface area contributed by atoms with Crippen LogP contribution in [0, 0.1) is 17.2 Å². The van der Waals surface area contributed by atoms with Crippen LogP contribution in [0.15, 0.2) is 30.5 Å². The molecule has 1 aliphatic heterocycles. The van der Waals surface area contributed by atoms with E-state index in [2.05, 4.69) is 41.0 Å². The lowest BCUT2D eigenvalue weighted by atomic mass is 9.98. The van der Waals surface area contributed by atoms with Gasteiger partial charge in [-0.05, 0) is 56.0 Å². The number of hydrogen-bond acceptors (Lipinski definition) is 8. The molecule has 3 N–H and O–H groups in total. The van der Waals surface area contributed by atoms with E-state index in [1.165, 1.54) is 12.8 Å². The molecule has 0 atom stereocenters. The van der Waals surface area contributed by atoms with Crippen LogP contribution in [0.1, 0.15) is 48.7 Å². The van der Waals surface area contributed by atoms with Gasteiger partial charge in [-0.25, -0.2) is 9.97 Å². The maximum Gasteiger partial charge on any atom is 0.163 e. The van der Waals surface area contributed by atoms with Gasteiger partial charge in [0.1, 0.15) is 16.6 Å². The largest absolute Gasteiger partial charge is 0.370 e. The van der Waals surface area contributed by atoms with Crippen molar-refractivity contribution in [3.05, 3.63) is 46.6 Å². The minimum absolute atomic E-state index is 0.334. The number of piperidine rings is 1. The SMILES string of the molecule is CC(C)c1cnn2c(NCc3nc4cc(C#N)ccc4s3)cc(NCC3CCNCC3)nc12. The lowest BCUT2D eigenvalue weighted by Crippen LogP contribution is -2.31. The molecular weight excluding hydrogens is 432 g/mol. The van der Waals surface area contributed by atoms with Crippen LogP contribution in [0.4, 0.5) is 11.6 Å². The van der Waals surface area contributed by atoms with Gasteiger partial charge in [0.25, 0.3) is 0 Å². The van der Waals surface area contributed by atoms with Crippen molar-refractivity contribution in [1.82, 2.24) is 24.9 Å². The van der Waals surface area contributed by atoms with Gasteiger partial charge in [-0.15, -0.1) is 11.3 Å². The van der Waals surface area contributed by atoms with Crippen molar-refractivity contribution in [2.45, 2.75) is 39.2 Å². The summed E-state index contributed by atoms with van der Waals surface area (Å²) in [5.74, 6) is 2.75. The highest BCUT2D eigenvalue weighted by molar-refractivity contribution is 7.18. The Morgan fingerprint density at radius 2 is 2.06 bits per heavy atom. The summed E-state index contributed by atoms with van der Waals surface area (Å²) in [5, 5.41) is 25.2. The Bertz CT molecular complexity index is 1310. The zero-order chi connectivity index (χ0) is 22.8. The highest BCUT2D eigenvalue weighted by atomic mass is 32.1. The quantitative estimate of drug-likeness (QED) is 0.376. The van der Waals surface area contributed by atoms with E-state index in [1.807, 2.05) is 35.0 Å². The highest BCUT2D eigenvalue weighted by Gasteiger charge is 2.17. The summed E-state index contributed by atoms with van der Waals surface area (Å²) in [6, 6.07) is 9.85. The third-order valence-electron chi connectivity index (χ3n) is 6.13. The average molecular weight is 461 g/mol. The van der Waals surface area contributed by atoms with Crippen molar-refractivity contribution in [3.63, 3.8) is 0 Å². The number of nitrogens with one attached hydrogen (secondary N) is 3. The molecule has 5 rings (SSSR count). The first kappa shape index (κ1) is 21.6. The topological polar surface area (TPSA) is 103 Å². The van der Waals surface area contributed by atoms with Crippen molar-refractivity contribution in [1.29, 1.82) is 5.26 Å². The standard InChI is InChI=1S/C24H28N8S/c1-15(2)18-13-29-32-22(10-21(31-24(18)32)27-12-16-5-7-26-8-6-16)28-14-23-30-19-9-17(11-25)3-4-20(19)33-23/h3-4,9-10,13,15-16,26,28H,5-8,12,14H2,1-2H3,(H,27,31). The molecular formula is C24H28N8S. The zero-order valence-corrected chi connectivity index (χ0v) is 19.7. The first-order valence-electron chi connectivity index (χ1n) is 11.5. The monoisotopic (exact) mass is 460 g/mol. The van der Waals surface area contributed by atoms with E-state index in [-0.39, 0.29) is 0 Å². The number of fused-ring (bicyclic) bond motifs is 2. The van der Waals surface area contributed by atoms with Gasteiger partial charge in [0.2, 0.25) is 0 Å². The van der Waals surface area contributed by atoms with Crippen LogP contribution >= 0.6 is 11.3 Å². The first-order valence-corrected chi connectivity index (χ1v) is 12.3. The number of nitrogens with zero attached hydrogens (tertiary/aromatic N) is 5. The second kappa shape index (κ2) is 9.33. The molecule has 170 valence electrons. The van der Waals surface area contributed by atoms with Crippen LogP contribution in [0.25, 0.3) is 15.9 Å². The Balaban J connectivity index is 1.40. The zero-order valence-electron chi connectivity index (χ0n) is 18.9. The van der Waals surface area contributed by atoms with Gasteiger partial charge in [-0.3, -0.25) is 0 Å². The Morgan fingerprint density at radius 3 is 2.85 bits per heavy atom. The van der Waals surface area contributed by atoms with Crippen molar-refractivity contribution < 1.29 is 0 Å². The molecule has 0 aliphatic carbocycles. The predicted molar refractivity (Wildman–Crippen MR) is 133 cm³/mol. The predicted octanol–water partition coefficient (Wildman–Crippen LogP) is 4.36. The smallest absolute Gasteiger partial charge is 0.163 e.